The molecular formula is C23H20N4O4S. The van der Waals surface area contributed by atoms with Crippen LogP contribution in [0.5, 0.6) is 0 Å². The smallest absolute Gasteiger partial charge is 0.248 e. The lowest BCUT2D eigenvalue weighted by molar-refractivity contribution is -0.111. The SMILES string of the molecule is O=C(/C=C/c1ccc(S(=O)(=O)NCc2ccco2)cc1)Nc1ccc(-c2ccn[nH]2)cc1. The Kier molecular flexibility index (Phi) is 6.29. The molecule has 2 aromatic heterocycles. The molecule has 0 aliphatic heterocycles. The summed E-state index contributed by atoms with van der Waals surface area (Å²) in [5.41, 5.74) is 3.21. The molecule has 4 rings (SSSR count). The fourth-order valence-corrected chi connectivity index (χ4v) is 3.92. The summed E-state index contributed by atoms with van der Waals surface area (Å²) in [4.78, 5) is 12.3. The van der Waals surface area contributed by atoms with Gasteiger partial charge in [0.15, 0.2) is 0 Å². The molecule has 0 radical (unpaired) electrons. The third kappa shape index (κ3) is 5.39. The van der Waals surface area contributed by atoms with Gasteiger partial charge in [-0.15, -0.1) is 0 Å². The van der Waals surface area contributed by atoms with Crippen LogP contribution in [0.1, 0.15) is 11.3 Å². The van der Waals surface area contributed by atoms with Crippen LogP contribution in [0.25, 0.3) is 17.3 Å². The van der Waals surface area contributed by atoms with E-state index in [4.69, 9.17) is 4.42 Å². The molecule has 9 heteroatoms. The second-order valence-corrected chi connectivity index (χ2v) is 8.61. The van der Waals surface area contributed by atoms with Crippen LogP contribution in [0.4, 0.5) is 5.69 Å². The zero-order valence-corrected chi connectivity index (χ0v) is 17.7. The number of hydrogen-bond donors (Lipinski definition) is 3. The Balaban J connectivity index is 1.33. The summed E-state index contributed by atoms with van der Waals surface area (Å²) in [6.07, 6.45) is 6.16. The predicted octanol–water partition coefficient (Wildman–Crippen LogP) is 3.80. The zero-order valence-electron chi connectivity index (χ0n) is 16.9. The van der Waals surface area contributed by atoms with Crippen molar-refractivity contribution in [2.45, 2.75) is 11.4 Å². The van der Waals surface area contributed by atoms with Crippen LogP contribution in [0.2, 0.25) is 0 Å². The first kappa shape index (κ1) is 21.3. The fourth-order valence-electron chi connectivity index (χ4n) is 2.93. The topological polar surface area (TPSA) is 117 Å². The summed E-state index contributed by atoms with van der Waals surface area (Å²) in [5, 5.41) is 9.58. The van der Waals surface area contributed by atoms with Crippen molar-refractivity contribution in [1.29, 1.82) is 0 Å². The van der Waals surface area contributed by atoms with Crippen molar-refractivity contribution >= 4 is 27.7 Å². The van der Waals surface area contributed by atoms with E-state index in [-0.39, 0.29) is 17.3 Å². The average molecular weight is 449 g/mol. The maximum Gasteiger partial charge on any atom is 0.248 e. The number of aromatic amines is 1. The number of furan rings is 1. The second kappa shape index (κ2) is 9.46. The molecule has 162 valence electrons. The van der Waals surface area contributed by atoms with Crippen molar-refractivity contribution in [1.82, 2.24) is 14.9 Å². The van der Waals surface area contributed by atoms with Gasteiger partial charge in [0.2, 0.25) is 15.9 Å². The summed E-state index contributed by atoms with van der Waals surface area (Å²) in [5.74, 6) is 0.228. The predicted molar refractivity (Wildman–Crippen MR) is 121 cm³/mol. The third-order valence-electron chi connectivity index (χ3n) is 4.60. The Morgan fingerprint density at radius 3 is 2.47 bits per heavy atom. The summed E-state index contributed by atoms with van der Waals surface area (Å²) >= 11 is 0. The van der Waals surface area contributed by atoms with Crippen molar-refractivity contribution in [3.63, 3.8) is 0 Å². The van der Waals surface area contributed by atoms with Gasteiger partial charge in [0, 0.05) is 18.0 Å². The molecule has 3 N–H and O–H groups in total. The van der Waals surface area contributed by atoms with Gasteiger partial charge in [0.1, 0.15) is 5.76 Å². The van der Waals surface area contributed by atoms with E-state index < -0.39 is 10.0 Å². The summed E-state index contributed by atoms with van der Waals surface area (Å²) in [6, 6.07) is 18.8. The van der Waals surface area contributed by atoms with E-state index in [0.29, 0.717) is 17.0 Å². The number of benzene rings is 2. The van der Waals surface area contributed by atoms with Gasteiger partial charge in [0.05, 0.1) is 23.4 Å². The minimum absolute atomic E-state index is 0.0695. The molecule has 2 heterocycles. The number of carbonyl (C=O) groups excluding carboxylic acids is 1. The molecule has 4 aromatic rings. The highest BCUT2D eigenvalue weighted by Gasteiger charge is 2.14. The van der Waals surface area contributed by atoms with E-state index >= 15 is 0 Å². The normalized spacial score (nSPS) is 11.6. The van der Waals surface area contributed by atoms with E-state index in [1.54, 1.807) is 48.7 Å². The molecule has 1 amide bonds. The van der Waals surface area contributed by atoms with Gasteiger partial charge in [-0.1, -0.05) is 24.3 Å². The second-order valence-electron chi connectivity index (χ2n) is 6.84. The maximum absolute atomic E-state index is 12.4. The number of anilines is 1. The molecule has 0 aliphatic rings. The highest BCUT2D eigenvalue weighted by molar-refractivity contribution is 7.89. The molecule has 8 nitrogen and oxygen atoms in total. The number of nitrogens with zero attached hydrogens (tertiary/aromatic N) is 1. The van der Waals surface area contributed by atoms with Gasteiger partial charge in [-0.25, -0.2) is 13.1 Å². The third-order valence-corrected chi connectivity index (χ3v) is 6.02. The first-order chi connectivity index (χ1) is 15.5. The number of nitrogens with one attached hydrogen (secondary N) is 3. The quantitative estimate of drug-likeness (QED) is 0.355. The number of carbonyl (C=O) groups is 1. The standard InChI is InChI=1S/C23H20N4O4S/c28-23(26-19-8-6-18(7-9-19)22-13-14-24-27-22)12-5-17-3-10-21(11-4-17)32(29,30)25-16-20-2-1-15-31-20/h1-15,25H,16H2,(H,24,27)(H,26,28)/b12-5+. The van der Waals surface area contributed by atoms with Gasteiger partial charge in [-0.2, -0.15) is 5.10 Å². The number of H-pyrrole nitrogens is 1. The molecule has 32 heavy (non-hydrogen) atoms. The van der Waals surface area contributed by atoms with Crippen LogP contribution in [0.15, 0.2) is 94.6 Å². The minimum Gasteiger partial charge on any atom is -0.468 e. The number of aromatic nitrogens is 2. The van der Waals surface area contributed by atoms with Crippen molar-refractivity contribution < 1.29 is 17.6 Å². The molecule has 0 unspecified atom stereocenters. The molecular weight excluding hydrogens is 428 g/mol. The molecule has 2 aromatic carbocycles. The van der Waals surface area contributed by atoms with Crippen LogP contribution < -0.4 is 10.0 Å². The summed E-state index contributed by atoms with van der Waals surface area (Å²) in [6.45, 7) is 0.0695. The highest BCUT2D eigenvalue weighted by Crippen LogP contribution is 2.19. The highest BCUT2D eigenvalue weighted by atomic mass is 32.2. The van der Waals surface area contributed by atoms with E-state index in [9.17, 15) is 13.2 Å². The fraction of sp³-hybridized carbons (Fsp3) is 0.0435. The maximum atomic E-state index is 12.4. The lowest BCUT2D eigenvalue weighted by Gasteiger charge is -2.06. The van der Waals surface area contributed by atoms with Crippen molar-refractivity contribution in [2.75, 3.05) is 5.32 Å². The lowest BCUT2D eigenvalue weighted by Crippen LogP contribution is -2.22. The van der Waals surface area contributed by atoms with Gasteiger partial charge in [-0.3, -0.25) is 9.89 Å². The Labute approximate surface area is 185 Å². The van der Waals surface area contributed by atoms with E-state index in [2.05, 4.69) is 20.2 Å². The van der Waals surface area contributed by atoms with Gasteiger partial charge < -0.3 is 9.73 Å². The largest absolute Gasteiger partial charge is 0.468 e. The van der Waals surface area contributed by atoms with Crippen molar-refractivity contribution in [3.8, 4) is 11.3 Å². The molecule has 0 saturated carbocycles. The van der Waals surface area contributed by atoms with Crippen LogP contribution >= 0.6 is 0 Å². The number of amides is 1. The Morgan fingerprint density at radius 1 is 1.03 bits per heavy atom. The summed E-state index contributed by atoms with van der Waals surface area (Å²) in [7, 11) is -3.66. The Bertz CT molecular complexity index is 1290. The molecule has 0 spiro atoms. The van der Waals surface area contributed by atoms with Crippen molar-refractivity contribution in [2.24, 2.45) is 0 Å². The molecule has 0 fully saturated rings. The summed E-state index contributed by atoms with van der Waals surface area (Å²) < 4.78 is 32.3. The minimum atomic E-state index is -3.66. The molecule has 0 aliphatic carbocycles. The molecule has 0 atom stereocenters. The van der Waals surface area contributed by atoms with Gasteiger partial charge in [-0.05, 0) is 59.7 Å². The van der Waals surface area contributed by atoms with E-state index in [1.807, 2.05) is 18.2 Å². The van der Waals surface area contributed by atoms with Crippen LogP contribution in [0, 0.1) is 0 Å². The van der Waals surface area contributed by atoms with Crippen LogP contribution in [-0.4, -0.2) is 24.5 Å². The molecule has 0 saturated heterocycles. The number of rotatable bonds is 8. The Hall–Kier alpha value is -3.95. The van der Waals surface area contributed by atoms with Gasteiger partial charge >= 0.3 is 0 Å². The first-order valence-electron chi connectivity index (χ1n) is 9.71. The van der Waals surface area contributed by atoms with Crippen LogP contribution in [0.3, 0.4) is 0 Å². The first-order valence-corrected chi connectivity index (χ1v) is 11.2. The van der Waals surface area contributed by atoms with Crippen molar-refractivity contribution in [3.05, 3.63) is 96.6 Å². The average Bonchev–Trinajstić information content (AvgIpc) is 3.52. The number of hydrogen-bond acceptors (Lipinski definition) is 5. The zero-order chi connectivity index (χ0) is 22.4. The van der Waals surface area contributed by atoms with E-state index in [1.165, 1.54) is 24.5 Å². The Morgan fingerprint density at radius 2 is 1.81 bits per heavy atom. The monoisotopic (exact) mass is 448 g/mol. The lowest BCUT2D eigenvalue weighted by atomic mass is 10.1. The number of sulfonamides is 1. The van der Waals surface area contributed by atoms with Crippen LogP contribution in [-0.2, 0) is 21.4 Å². The van der Waals surface area contributed by atoms with E-state index in [0.717, 1.165) is 11.3 Å². The molecule has 0 bridgehead atoms. The van der Waals surface area contributed by atoms with Gasteiger partial charge in [0.25, 0.3) is 0 Å².